The van der Waals surface area contributed by atoms with Gasteiger partial charge in [-0.25, -0.2) is 0 Å². The fourth-order valence-corrected chi connectivity index (χ4v) is 2.63. The number of hydrogen-bond acceptors (Lipinski definition) is 6. The first-order valence-corrected chi connectivity index (χ1v) is 8.23. The molecule has 0 unspecified atom stereocenters. The molecule has 3 rings (SSSR count). The average Bonchev–Trinajstić information content (AvgIpc) is 2.90. The van der Waals surface area contributed by atoms with Crippen molar-refractivity contribution in [3.8, 4) is 5.75 Å². The van der Waals surface area contributed by atoms with E-state index in [1.807, 2.05) is 24.3 Å². The molecule has 0 bridgehead atoms. The number of benzene rings is 1. The van der Waals surface area contributed by atoms with Gasteiger partial charge in [-0.2, -0.15) is 4.98 Å². The van der Waals surface area contributed by atoms with Crippen LogP contribution in [0.4, 0.5) is 0 Å². The predicted octanol–water partition coefficient (Wildman–Crippen LogP) is 1.72. The Hall–Kier alpha value is -2.41. The SMILES string of the molecule is Cc1nc(COc2ccc(CN[C@H]3CCCCNC3=O)cc2)no1. The third-order valence-electron chi connectivity index (χ3n) is 3.95. The zero-order valence-corrected chi connectivity index (χ0v) is 13.7. The van der Waals surface area contributed by atoms with Crippen LogP contribution in [0, 0.1) is 6.92 Å². The Morgan fingerprint density at radius 2 is 2.17 bits per heavy atom. The van der Waals surface area contributed by atoms with Crippen LogP contribution in [0.2, 0.25) is 0 Å². The molecule has 24 heavy (non-hydrogen) atoms. The lowest BCUT2D eigenvalue weighted by molar-refractivity contribution is -0.122. The van der Waals surface area contributed by atoms with Crippen LogP contribution in [-0.4, -0.2) is 28.6 Å². The maximum absolute atomic E-state index is 11.9. The lowest BCUT2D eigenvalue weighted by Crippen LogP contribution is -2.42. The Morgan fingerprint density at radius 3 is 2.92 bits per heavy atom. The molecule has 128 valence electrons. The van der Waals surface area contributed by atoms with Gasteiger partial charge in [0.15, 0.2) is 6.61 Å². The molecule has 7 heteroatoms. The van der Waals surface area contributed by atoms with Gasteiger partial charge in [-0.05, 0) is 37.0 Å². The zero-order chi connectivity index (χ0) is 16.8. The van der Waals surface area contributed by atoms with Crippen LogP contribution in [0.1, 0.15) is 36.5 Å². The van der Waals surface area contributed by atoms with Gasteiger partial charge >= 0.3 is 0 Å². The fourth-order valence-electron chi connectivity index (χ4n) is 2.63. The van der Waals surface area contributed by atoms with Crippen molar-refractivity contribution in [2.75, 3.05) is 6.54 Å². The van der Waals surface area contributed by atoms with E-state index in [1.54, 1.807) is 6.92 Å². The highest BCUT2D eigenvalue weighted by atomic mass is 16.5. The van der Waals surface area contributed by atoms with Gasteiger partial charge in [0.1, 0.15) is 5.75 Å². The number of carbonyl (C=O) groups is 1. The summed E-state index contributed by atoms with van der Waals surface area (Å²) < 4.78 is 10.5. The summed E-state index contributed by atoms with van der Waals surface area (Å²) in [6, 6.07) is 7.66. The topological polar surface area (TPSA) is 89.3 Å². The van der Waals surface area contributed by atoms with E-state index in [0.29, 0.717) is 18.3 Å². The quantitative estimate of drug-likeness (QED) is 0.838. The fraction of sp³-hybridized carbons (Fsp3) is 0.471. The molecule has 0 saturated carbocycles. The molecule has 1 saturated heterocycles. The van der Waals surface area contributed by atoms with Crippen LogP contribution in [0.25, 0.3) is 0 Å². The lowest BCUT2D eigenvalue weighted by atomic mass is 10.1. The maximum atomic E-state index is 11.9. The molecule has 2 heterocycles. The molecular weight excluding hydrogens is 308 g/mol. The highest BCUT2D eigenvalue weighted by Crippen LogP contribution is 2.14. The summed E-state index contributed by atoms with van der Waals surface area (Å²) in [5, 5.41) is 10.0. The van der Waals surface area contributed by atoms with Gasteiger partial charge in [0, 0.05) is 20.0 Å². The number of nitrogens with zero attached hydrogens (tertiary/aromatic N) is 2. The zero-order valence-electron chi connectivity index (χ0n) is 13.7. The van der Waals surface area contributed by atoms with Crippen LogP contribution < -0.4 is 15.4 Å². The first kappa shape index (κ1) is 16.4. The van der Waals surface area contributed by atoms with E-state index < -0.39 is 0 Å². The van der Waals surface area contributed by atoms with E-state index in [9.17, 15) is 4.79 Å². The minimum absolute atomic E-state index is 0.0999. The van der Waals surface area contributed by atoms with E-state index in [0.717, 1.165) is 37.1 Å². The molecule has 0 spiro atoms. The first-order valence-electron chi connectivity index (χ1n) is 8.23. The van der Waals surface area contributed by atoms with E-state index in [-0.39, 0.29) is 18.6 Å². The normalized spacial score (nSPS) is 18.0. The van der Waals surface area contributed by atoms with E-state index >= 15 is 0 Å². The number of amides is 1. The number of carbonyl (C=O) groups excluding carboxylic acids is 1. The molecule has 1 fully saturated rings. The highest BCUT2D eigenvalue weighted by Gasteiger charge is 2.19. The van der Waals surface area contributed by atoms with Gasteiger partial charge < -0.3 is 19.9 Å². The number of aromatic nitrogens is 2. The van der Waals surface area contributed by atoms with Crippen LogP contribution in [0.5, 0.6) is 5.75 Å². The van der Waals surface area contributed by atoms with Crippen LogP contribution in [-0.2, 0) is 17.9 Å². The summed E-state index contributed by atoms with van der Waals surface area (Å²) in [7, 11) is 0. The van der Waals surface area contributed by atoms with E-state index in [2.05, 4.69) is 20.8 Å². The standard InChI is InChI=1S/C17H22N4O3/c1-12-20-16(21-24-12)11-23-14-7-5-13(6-8-14)10-19-15-4-2-3-9-18-17(15)22/h5-8,15,19H,2-4,9-11H2,1H3,(H,18,22)/t15-/m0/s1. The summed E-state index contributed by atoms with van der Waals surface area (Å²) in [5.74, 6) is 1.89. The molecule has 1 aromatic heterocycles. The molecule has 2 N–H and O–H groups in total. The van der Waals surface area contributed by atoms with Gasteiger partial charge in [0.25, 0.3) is 0 Å². The third-order valence-corrected chi connectivity index (χ3v) is 3.95. The van der Waals surface area contributed by atoms with Gasteiger partial charge in [-0.15, -0.1) is 0 Å². The molecule has 0 radical (unpaired) electrons. The van der Waals surface area contributed by atoms with Gasteiger partial charge in [-0.3, -0.25) is 4.79 Å². The summed E-state index contributed by atoms with van der Waals surface area (Å²) in [6.07, 6.45) is 3.01. The van der Waals surface area contributed by atoms with Crippen molar-refractivity contribution in [3.63, 3.8) is 0 Å². The maximum Gasteiger partial charge on any atom is 0.237 e. The van der Waals surface area contributed by atoms with Crippen molar-refractivity contribution in [1.82, 2.24) is 20.8 Å². The molecule has 1 aliphatic rings. The average molecular weight is 330 g/mol. The van der Waals surface area contributed by atoms with Crippen molar-refractivity contribution < 1.29 is 14.1 Å². The van der Waals surface area contributed by atoms with Crippen LogP contribution >= 0.6 is 0 Å². The molecule has 1 amide bonds. The number of aryl methyl sites for hydroxylation is 1. The van der Waals surface area contributed by atoms with E-state index in [4.69, 9.17) is 9.26 Å². The second-order valence-electron chi connectivity index (χ2n) is 5.88. The molecule has 2 aromatic rings. The Labute approximate surface area is 140 Å². The summed E-state index contributed by atoms with van der Waals surface area (Å²) in [4.78, 5) is 16.0. The lowest BCUT2D eigenvalue weighted by Gasteiger charge is -2.15. The van der Waals surface area contributed by atoms with Crippen molar-refractivity contribution in [2.24, 2.45) is 0 Å². The van der Waals surface area contributed by atoms with Crippen LogP contribution in [0.15, 0.2) is 28.8 Å². The Morgan fingerprint density at radius 1 is 1.33 bits per heavy atom. The van der Waals surface area contributed by atoms with Crippen molar-refractivity contribution >= 4 is 5.91 Å². The van der Waals surface area contributed by atoms with Gasteiger partial charge in [0.05, 0.1) is 6.04 Å². The van der Waals surface area contributed by atoms with Crippen molar-refractivity contribution in [1.29, 1.82) is 0 Å². The summed E-state index contributed by atoms with van der Waals surface area (Å²) in [5.41, 5.74) is 1.11. The van der Waals surface area contributed by atoms with Crippen LogP contribution in [0.3, 0.4) is 0 Å². The second-order valence-corrected chi connectivity index (χ2v) is 5.88. The molecule has 1 aliphatic heterocycles. The van der Waals surface area contributed by atoms with E-state index in [1.165, 1.54) is 0 Å². The Kier molecular flexibility index (Phi) is 5.43. The largest absolute Gasteiger partial charge is 0.485 e. The van der Waals surface area contributed by atoms with Gasteiger partial charge in [-0.1, -0.05) is 17.3 Å². The van der Waals surface area contributed by atoms with Crippen molar-refractivity contribution in [3.05, 3.63) is 41.5 Å². The van der Waals surface area contributed by atoms with Gasteiger partial charge in [0.2, 0.25) is 17.6 Å². The number of ether oxygens (including phenoxy) is 1. The minimum Gasteiger partial charge on any atom is -0.485 e. The molecule has 0 aliphatic carbocycles. The third kappa shape index (κ3) is 4.55. The smallest absolute Gasteiger partial charge is 0.237 e. The minimum atomic E-state index is -0.107. The number of rotatable bonds is 6. The second kappa shape index (κ2) is 7.92. The summed E-state index contributed by atoms with van der Waals surface area (Å²) >= 11 is 0. The molecule has 1 atom stereocenters. The highest BCUT2D eigenvalue weighted by molar-refractivity contribution is 5.81. The molecular formula is C17H22N4O3. The predicted molar refractivity (Wildman–Crippen MR) is 87.3 cm³/mol. The number of hydrogen-bond donors (Lipinski definition) is 2. The number of nitrogens with one attached hydrogen (secondary N) is 2. The monoisotopic (exact) mass is 330 g/mol. The Bertz CT molecular complexity index is 669. The molecule has 1 aromatic carbocycles. The first-order chi connectivity index (χ1) is 11.7. The van der Waals surface area contributed by atoms with Crippen molar-refractivity contribution in [2.45, 2.75) is 45.4 Å². The summed E-state index contributed by atoms with van der Waals surface area (Å²) in [6.45, 7) is 3.45. The Balaban J connectivity index is 1.48. The molecule has 7 nitrogen and oxygen atoms in total.